The predicted octanol–water partition coefficient (Wildman–Crippen LogP) is 6.01. The highest BCUT2D eigenvalue weighted by atomic mass is 79.9. The van der Waals surface area contributed by atoms with Gasteiger partial charge in [-0.25, -0.2) is 19.3 Å². The van der Waals surface area contributed by atoms with E-state index in [0.717, 1.165) is 21.3 Å². The van der Waals surface area contributed by atoms with Crippen LogP contribution in [0.2, 0.25) is 0 Å². The number of hydrogen-bond donors (Lipinski definition) is 0. The summed E-state index contributed by atoms with van der Waals surface area (Å²) in [6.07, 6.45) is 1.59. The number of benzene rings is 3. The number of nitrogens with zero attached hydrogens (tertiary/aromatic N) is 5. The quantitative estimate of drug-likeness (QED) is 0.242. The van der Waals surface area contributed by atoms with E-state index in [0.29, 0.717) is 45.2 Å². The minimum absolute atomic E-state index is 0.386. The SMILES string of the molecule is CN(C)c1ccc(C2c3c(c4ccccc4oc3=O)Oc3ncn4nc(-c5ccc(Br)cc5)nc4c32)cc1. The zero-order valence-electron chi connectivity index (χ0n) is 20.4. The van der Waals surface area contributed by atoms with Crippen molar-refractivity contribution in [2.45, 2.75) is 5.92 Å². The van der Waals surface area contributed by atoms with Crippen LogP contribution >= 0.6 is 15.9 Å². The van der Waals surface area contributed by atoms with Crippen LogP contribution < -0.4 is 15.3 Å². The summed E-state index contributed by atoms with van der Waals surface area (Å²) in [7, 11) is 3.98. The van der Waals surface area contributed by atoms with Crippen LogP contribution in [-0.4, -0.2) is 33.7 Å². The van der Waals surface area contributed by atoms with Gasteiger partial charge >= 0.3 is 5.63 Å². The van der Waals surface area contributed by atoms with Gasteiger partial charge in [0, 0.05) is 29.8 Å². The maximum absolute atomic E-state index is 13.5. The van der Waals surface area contributed by atoms with Crippen LogP contribution in [0, 0.1) is 0 Å². The molecule has 0 spiro atoms. The van der Waals surface area contributed by atoms with Crippen molar-refractivity contribution < 1.29 is 9.15 Å². The topological polar surface area (TPSA) is 85.8 Å². The van der Waals surface area contributed by atoms with Gasteiger partial charge in [0.25, 0.3) is 0 Å². The van der Waals surface area contributed by atoms with E-state index in [2.05, 4.69) is 26.0 Å². The molecule has 4 heterocycles. The molecule has 0 aliphatic carbocycles. The number of fused-ring (bicyclic) bond motifs is 6. The fourth-order valence-corrected chi connectivity index (χ4v) is 5.21. The molecule has 0 radical (unpaired) electrons. The lowest BCUT2D eigenvalue weighted by Gasteiger charge is -2.27. The van der Waals surface area contributed by atoms with Crippen molar-refractivity contribution in [2.24, 2.45) is 0 Å². The highest BCUT2D eigenvalue weighted by Gasteiger charge is 2.37. The van der Waals surface area contributed by atoms with Crippen LogP contribution in [0.3, 0.4) is 0 Å². The fraction of sp³-hybridized carbons (Fsp3) is 0.103. The Balaban J connectivity index is 1.51. The van der Waals surface area contributed by atoms with Crippen molar-refractivity contribution in [1.29, 1.82) is 0 Å². The second-order valence-corrected chi connectivity index (χ2v) is 10.2. The molecule has 186 valence electrons. The Morgan fingerprint density at radius 2 is 1.71 bits per heavy atom. The molecular weight excluding hydrogens is 546 g/mol. The normalized spacial score (nSPS) is 14.2. The average Bonchev–Trinajstić information content (AvgIpc) is 3.37. The van der Waals surface area contributed by atoms with Gasteiger partial charge in [-0.1, -0.05) is 52.3 Å². The van der Waals surface area contributed by atoms with Crippen molar-refractivity contribution in [3.05, 3.63) is 111 Å². The predicted molar refractivity (Wildman–Crippen MR) is 148 cm³/mol. The molecular formula is C29H20BrN5O3. The molecule has 0 N–H and O–H groups in total. The smallest absolute Gasteiger partial charge is 0.344 e. The first kappa shape index (κ1) is 22.7. The molecule has 0 saturated heterocycles. The third-order valence-corrected chi connectivity index (χ3v) is 7.34. The van der Waals surface area contributed by atoms with Crippen molar-refractivity contribution in [2.75, 3.05) is 19.0 Å². The van der Waals surface area contributed by atoms with E-state index in [1.165, 1.54) is 0 Å². The monoisotopic (exact) mass is 565 g/mol. The molecule has 3 aromatic heterocycles. The summed E-state index contributed by atoms with van der Waals surface area (Å²) >= 11 is 3.47. The summed E-state index contributed by atoms with van der Waals surface area (Å²) in [5.41, 5.74) is 4.44. The van der Waals surface area contributed by atoms with E-state index in [9.17, 15) is 4.79 Å². The summed E-state index contributed by atoms with van der Waals surface area (Å²) < 4.78 is 14.7. The van der Waals surface area contributed by atoms with Gasteiger partial charge in [-0.05, 0) is 42.0 Å². The van der Waals surface area contributed by atoms with Crippen LogP contribution in [0.15, 0.2) is 92.8 Å². The molecule has 6 aromatic rings. The Morgan fingerprint density at radius 3 is 2.47 bits per heavy atom. The van der Waals surface area contributed by atoms with E-state index < -0.39 is 11.5 Å². The van der Waals surface area contributed by atoms with Crippen LogP contribution in [0.4, 0.5) is 5.69 Å². The second-order valence-electron chi connectivity index (χ2n) is 9.32. The molecule has 38 heavy (non-hydrogen) atoms. The zero-order chi connectivity index (χ0) is 26.0. The fourth-order valence-electron chi connectivity index (χ4n) is 4.95. The first-order valence-corrected chi connectivity index (χ1v) is 12.8. The van der Waals surface area contributed by atoms with Crippen molar-refractivity contribution in [3.8, 4) is 23.0 Å². The van der Waals surface area contributed by atoms with E-state index in [1.807, 2.05) is 85.7 Å². The van der Waals surface area contributed by atoms with Gasteiger partial charge < -0.3 is 14.1 Å². The number of halogens is 1. The Hall–Kier alpha value is -4.50. The van der Waals surface area contributed by atoms with Crippen LogP contribution in [0.25, 0.3) is 28.0 Å². The first-order valence-electron chi connectivity index (χ1n) is 12.0. The molecule has 0 fully saturated rings. The van der Waals surface area contributed by atoms with E-state index in [1.54, 1.807) is 16.9 Å². The highest BCUT2D eigenvalue weighted by Crippen LogP contribution is 2.49. The molecule has 0 bridgehead atoms. The standard InChI is InChI=1S/C29H20BrN5O3/c1-34(2)19-13-9-16(10-14-19)22-23-25(20-5-3-4-6-21(20)37-29(23)36)38-28-24(22)27-32-26(33-35(27)15-31-28)17-7-11-18(30)12-8-17/h3-15,22H,1-2H3. The molecule has 1 unspecified atom stereocenters. The first-order chi connectivity index (χ1) is 18.5. The van der Waals surface area contributed by atoms with Crippen molar-refractivity contribution in [3.63, 3.8) is 0 Å². The van der Waals surface area contributed by atoms with Gasteiger partial charge in [-0.2, -0.15) is 0 Å². The Morgan fingerprint density at radius 1 is 0.947 bits per heavy atom. The van der Waals surface area contributed by atoms with Gasteiger partial charge in [-0.15, -0.1) is 5.10 Å². The minimum atomic E-state index is -0.524. The molecule has 3 aromatic carbocycles. The number of rotatable bonds is 3. The van der Waals surface area contributed by atoms with Gasteiger partial charge in [-0.3, -0.25) is 0 Å². The lowest BCUT2D eigenvalue weighted by Crippen LogP contribution is -2.22. The Bertz CT molecular complexity index is 1910. The highest BCUT2D eigenvalue weighted by molar-refractivity contribution is 9.10. The number of aromatic nitrogens is 4. The van der Waals surface area contributed by atoms with Gasteiger partial charge in [0.1, 0.15) is 11.9 Å². The van der Waals surface area contributed by atoms with Crippen LogP contribution in [0.1, 0.15) is 22.6 Å². The Kier molecular flexibility index (Phi) is 5.09. The molecule has 8 nitrogen and oxygen atoms in total. The maximum atomic E-state index is 13.5. The zero-order valence-corrected chi connectivity index (χ0v) is 22.0. The number of hydrogen-bond acceptors (Lipinski definition) is 7. The minimum Gasteiger partial charge on any atom is -0.437 e. The maximum Gasteiger partial charge on any atom is 0.344 e. The number of ether oxygens (including phenoxy) is 1. The number of anilines is 1. The molecule has 0 amide bonds. The van der Waals surface area contributed by atoms with Crippen LogP contribution in [0.5, 0.6) is 11.6 Å². The third-order valence-electron chi connectivity index (χ3n) is 6.81. The van der Waals surface area contributed by atoms with E-state index in [-0.39, 0.29) is 0 Å². The summed E-state index contributed by atoms with van der Waals surface area (Å²) in [5, 5.41) is 5.39. The molecule has 1 atom stereocenters. The second kappa shape index (κ2) is 8.53. The molecule has 1 aliphatic heterocycles. The summed E-state index contributed by atoms with van der Waals surface area (Å²) in [6.45, 7) is 0. The number of para-hydroxylation sites is 1. The van der Waals surface area contributed by atoms with Crippen molar-refractivity contribution >= 4 is 38.2 Å². The molecule has 1 aliphatic rings. The van der Waals surface area contributed by atoms with E-state index >= 15 is 0 Å². The Labute approximate surface area is 225 Å². The summed E-state index contributed by atoms with van der Waals surface area (Å²) in [5.74, 6) is 0.863. The lowest BCUT2D eigenvalue weighted by molar-refractivity contribution is 0.422. The van der Waals surface area contributed by atoms with Gasteiger partial charge in [0.2, 0.25) is 5.88 Å². The molecule has 9 heteroatoms. The third kappa shape index (κ3) is 3.50. The van der Waals surface area contributed by atoms with Crippen LogP contribution in [-0.2, 0) is 0 Å². The summed E-state index contributed by atoms with van der Waals surface area (Å²) in [4.78, 5) is 25.0. The van der Waals surface area contributed by atoms with Crippen molar-refractivity contribution in [1.82, 2.24) is 19.6 Å². The average molecular weight is 566 g/mol. The molecule has 0 saturated carbocycles. The lowest BCUT2D eigenvalue weighted by atomic mass is 9.84. The summed E-state index contributed by atoms with van der Waals surface area (Å²) in [6, 6.07) is 23.2. The van der Waals surface area contributed by atoms with Gasteiger partial charge in [0.15, 0.2) is 17.2 Å². The van der Waals surface area contributed by atoms with Gasteiger partial charge in [0.05, 0.1) is 22.4 Å². The largest absolute Gasteiger partial charge is 0.437 e. The van der Waals surface area contributed by atoms with E-state index in [4.69, 9.17) is 14.1 Å². The molecule has 7 rings (SSSR count).